The van der Waals surface area contributed by atoms with Crippen molar-refractivity contribution in [2.24, 2.45) is 10.7 Å². The third-order valence-corrected chi connectivity index (χ3v) is 4.61. The minimum absolute atomic E-state index is 0.242. The van der Waals surface area contributed by atoms with E-state index in [0.717, 1.165) is 43.0 Å². The van der Waals surface area contributed by atoms with Crippen molar-refractivity contribution in [3.8, 4) is 0 Å². The van der Waals surface area contributed by atoms with Gasteiger partial charge >= 0.3 is 0 Å². The van der Waals surface area contributed by atoms with Crippen molar-refractivity contribution in [1.29, 1.82) is 0 Å². The molecular formula is C11H18N2O2S. The lowest BCUT2D eigenvalue weighted by Gasteiger charge is -2.19. The van der Waals surface area contributed by atoms with E-state index < -0.39 is 10.8 Å². The number of hydrogen-bond acceptors (Lipinski definition) is 3. The summed E-state index contributed by atoms with van der Waals surface area (Å²) in [5.74, 6) is 1.19. The van der Waals surface area contributed by atoms with Gasteiger partial charge in [0.25, 0.3) is 0 Å². The molecule has 0 aromatic carbocycles. The van der Waals surface area contributed by atoms with E-state index in [0.29, 0.717) is 11.6 Å². The van der Waals surface area contributed by atoms with Crippen LogP contribution in [0.5, 0.6) is 0 Å². The summed E-state index contributed by atoms with van der Waals surface area (Å²) in [6.07, 6.45) is 2.71. The fraction of sp³-hybridized carbons (Fsp3) is 0.727. The van der Waals surface area contributed by atoms with Crippen molar-refractivity contribution < 1.29 is 8.95 Å². The van der Waals surface area contributed by atoms with Gasteiger partial charge in [-0.15, -0.1) is 0 Å². The van der Waals surface area contributed by atoms with Crippen LogP contribution in [0.25, 0.3) is 0 Å². The van der Waals surface area contributed by atoms with Crippen LogP contribution in [0.4, 0.5) is 0 Å². The van der Waals surface area contributed by atoms with Crippen LogP contribution in [0, 0.1) is 0 Å². The van der Waals surface area contributed by atoms with Crippen LogP contribution in [0.15, 0.2) is 15.5 Å². The van der Waals surface area contributed by atoms with Gasteiger partial charge in [0.05, 0.1) is 21.7 Å². The Morgan fingerprint density at radius 3 is 2.75 bits per heavy atom. The number of amidine groups is 1. The lowest BCUT2D eigenvalue weighted by Crippen LogP contribution is -2.25. The first-order chi connectivity index (χ1) is 7.68. The van der Waals surface area contributed by atoms with E-state index in [-0.39, 0.29) is 6.04 Å². The standard InChI is InChI=1S/C11H18N2O2S/c1-8-4-7-16(14)10(8)11(12)13-9-2-5-15-6-3-9/h9H,2-7H2,1H3,(H2,12,13). The third-order valence-electron chi connectivity index (χ3n) is 3.02. The molecule has 5 heteroatoms. The molecule has 2 heterocycles. The smallest absolute Gasteiger partial charge is 0.134 e. The van der Waals surface area contributed by atoms with Crippen LogP contribution in [-0.4, -0.2) is 35.1 Å². The van der Waals surface area contributed by atoms with Crippen molar-refractivity contribution in [2.75, 3.05) is 19.0 Å². The molecule has 0 saturated carbocycles. The van der Waals surface area contributed by atoms with Crippen LogP contribution in [0.3, 0.4) is 0 Å². The summed E-state index contributed by atoms with van der Waals surface area (Å²) in [7, 11) is -0.933. The largest absolute Gasteiger partial charge is 0.383 e. The zero-order valence-electron chi connectivity index (χ0n) is 9.57. The normalized spacial score (nSPS) is 28.8. The van der Waals surface area contributed by atoms with Gasteiger partial charge < -0.3 is 10.5 Å². The van der Waals surface area contributed by atoms with E-state index in [2.05, 4.69) is 4.99 Å². The number of hydrogen-bond donors (Lipinski definition) is 1. The molecule has 90 valence electrons. The summed E-state index contributed by atoms with van der Waals surface area (Å²) in [6, 6.07) is 0.242. The van der Waals surface area contributed by atoms with Gasteiger partial charge in [0, 0.05) is 19.0 Å². The number of aliphatic imine (C=N–C) groups is 1. The number of ether oxygens (including phenoxy) is 1. The molecule has 0 amide bonds. The zero-order valence-corrected chi connectivity index (χ0v) is 10.4. The average Bonchev–Trinajstić information content (AvgIpc) is 2.60. The van der Waals surface area contributed by atoms with Gasteiger partial charge in [-0.3, -0.25) is 9.20 Å². The van der Waals surface area contributed by atoms with Gasteiger partial charge in [-0.05, 0) is 26.2 Å². The monoisotopic (exact) mass is 242 g/mol. The van der Waals surface area contributed by atoms with Crippen molar-refractivity contribution in [1.82, 2.24) is 0 Å². The van der Waals surface area contributed by atoms with Gasteiger partial charge in [0.2, 0.25) is 0 Å². The second-order valence-corrected chi connectivity index (χ2v) is 5.77. The van der Waals surface area contributed by atoms with Gasteiger partial charge in [-0.2, -0.15) is 0 Å². The Morgan fingerprint density at radius 2 is 2.19 bits per heavy atom. The summed E-state index contributed by atoms with van der Waals surface area (Å²) < 4.78 is 17.0. The first-order valence-electron chi connectivity index (χ1n) is 5.68. The molecule has 16 heavy (non-hydrogen) atoms. The molecule has 1 unspecified atom stereocenters. The number of nitrogens with zero attached hydrogens (tertiary/aromatic N) is 1. The highest BCUT2D eigenvalue weighted by Gasteiger charge is 2.23. The second kappa shape index (κ2) is 5.10. The minimum Gasteiger partial charge on any atom is -0.383 e. The molecule has 4 nitrogen and oxygen atoms in total. The van der Waals surface area contributed by atoms with Crippen molar-refractivity contribution in [2.45, 2.75) is 32.2 Å². The fourth-order valence-corrected chi connectivity index (χ4v) is 3.53. The van der Waals surface area contributed by atoms with E-state index in [4.69, 9.17) is 10.5 Å². The molecule has 1 atom stereocenters. The molecule has 2 N–H and O–H groups in total. The summed E-state index contributed by atoms with van der Waals surface area (Å²) >= 11 is 0. The van der Waals surface area contributed by atoms with Gasteiger partial charge in [0.1, 0.15) is 5.84 Å². The molecule has 0 aromatic heterocycles. The molecule has 2 rings (SSSR count). The molecule has 0 aliphatic carbocycles. The molecule has 2 aliphatic rings. The zero-order chi connectivity index (χ0) is 11.5. The minimum atomic E-state index is -0.933. The highest BCUT2D eigenvalue weighted by atomic mass is 32.2. The van der Waals surface area contributed by atoms with Gasteiger partial charge in [-0.1, -0.05) is 5.57 Å². The predicted molar refractivity (Wildman–Crippen MR) is 65.8 cm³/mol. The summed E-state index contributed by atoms with van der Waals surface area (Å²) in [4.78, 5) is 5.27. The Kier molecular flexibility index (Phi) is 3.76. The maximum Gasteiger partial charge on any atom is 0.134 e. The molecule has 2 aliphatic heterocycles. The molecular weight excluding hydrogens is 224 g/mol. The predicted octanol–water partition coefficient (Wildman–Crippen LogP) is 0.949. The number of nitrogens with two attached hydrogens (primary N) is 1. The SMILES string of the molecule is CC1=C(C(N)=NC2CCOCC2)S(=O)CC1. The summed E-state index contributed by atoms with van der Waals surface area (Å²) in [6.45, 7) is 3.50. The van der Waals surface area contributed by atoms with Crippen LogP contribution in [-0.2, 0) is 15.5 Å². The van der Waals surface area contributed by atoms with Gasteiger partial charge in [-0.25, -0.2) is 0 Å². The van der Waals surface area contributed by atoms with Crippen molar-refractivity contribution in [3.05, 3.63) is 10.5 Å². The van der Waals surface area contributed by atoms with Gasteiger partial charge in [0.15, 0.2) is 0 Å². The Hall–Kier alpha value is -0.680. The molecule has 1 saturated heterocycles. The van der Waals surface area contributed by atoms with E-state index in [1.54, 1.807) is 0 Å². The second-order valence-electron chi connectivity index (χ2n) is 4.27. The maximum absolute atomic E-state index is 11.7. The average molecular weight is 242 g/mol. The van der Waals surface area contributed by atoms with E-state index in [1.807, 2.05) is 6.92 Å². The molecule has 0 aromatic rings. The fourth-order valence-electron chi connectivity index (χ4n) is 2.06. The number of allylic oxidation sites excluding steroid dienone is 1. The maximum atomic E-state index is 11.7. The quantitative estimate of drug-likeness (QED) is 0.579. The van der Waals surface area contributed by atoms with E-state index >= 15 is 0 Å². The highest BCUT2D eigenvalue weighted by Crippen LogP contribution is 2.23. The third kappa shape index (κ3) is 2.52. The Balaban J connectivity index is 2.11. The molecule has 0 radical (unpaired) electrons. The van der Waals surface area contributed by atoms with E-state index in [1.165, 1.54) is 0 Å². The highest BCUT2D eigenvalue weighted by molar-refractivity contribution is 7.90. The molecule has 0 spiro atoms. The van der Waals surface area contributed by atoms with Crippen LogP contribution in [0.1, 0.15) is 26.2 Å². The Morgan fingerprint density at radius 1 is 1.50 bits per heavy atom. The Bertz CT molecular complexity index is 357. The Labute approximate surface area is 98.4 Å². The van der Waals surface area contributed by atoms with Crippen LogP contribution < -0.4 is 5.73 Å². The summed E-state index contributed by atoms with van der Waals surface area (Å²) in [5.41, 5.74) is 7.08. The first kappa shape index (κ1) is 11.8. The van der Waals surface area contributed by atoms with Crippen LogP contribution >= 0.6 is 0 Å². The number of rotatable bonds is 2. The topological polar surface area (TPSA) is 64.7 Å². The van der Waals surface area contributed by atoms with Crippen molar-refractivity contribution in [3.63, 3.8) is 0 Å². The van der Waals surface area contributed by atoms with Crippen LogP contribution in [0.2, 0.25) is 0 Å². The van der Waals surface area contributed by atoms with E-state index in [9.17, 15) is 4.21 Å². The lowest BCUT2D eigenvalue weighted by atomic mass is 10.1. The first-order valence-corrected chi connectivity index (χ1v) is 7.00. The molecule has 0 bridgehead atoms. The summed E-state index contributed by atoms with van der Waals surface area (Å²) in [5, 5.41) is 0. The van der Waals surface area contributed by atoms with Crippen molar-refractivity contribution >= 4 is 16.6 Å². The molecule has 1 fully saturated rings. The lowest BCUT2D eigenvalue weighted by molar-refractivity contribution is 0.0871.